The maximum atomic E-state index is 11.1. The van der Waals surface area contributed by atoms with Gasteiger partial charge in [0.1, 0.15) is 41.1 Å². The normalized spacial score (nSPS) is 15.5. The Balaban J connectivity index is 1.63. The van der Waals surface area contributed by atoms with E-state index < -0.39 is 5.97 Å². The second-order valence-corrected chi connectivity index (χ2v) is 6.23. The highest BCUT2D eigenvalue weighted by Crippen LogP contribution is 2.35. The lowest BCUT2D eigenvalue weighted by atomic mass is 10.1. The number of benzene rings is 1. The Kier molecular flexibility index (Phi) is 3.87. The monoisotopic (exact) mass is 354 g/mol. The van der Waals surface area contributed by atoms with E-state index in [1.165, 1.54) is 12.4 Å². The van der Waals surface area contributed by atoms with E-state index in [1.807, 2.05) is 19.1 Å². The van der Waals surface area contributed by atoms with Crippen LogP contribution in [0.2, 0.25) is 0 Å². The number of hydrogen-bond acceptors (Lipinski definition) is 6. The summed E-state index contributed by atoms with van der Waals surface area (Å²) in [6.07, 6.45) is 2.42. The first kappa shape index (κ1) is 16.2. The average molecular weight is 354 g/mol. The zero-order valence-electron chi connectivity index (χ0n) is 14.4. The number of carbonyl (C=O) groups is 1. The third kappa shape index (κ3) is 2.79. The van der Waals surface area contributed by atoms with Crippen molar-refractivity contribution < 1.29 is 19.4 Å². The third-order valence-electron chi connectivity index (χ3n) is 4.40. The van der Waals surface area contributed by atoms with Gasteiger partial charge in [0.2, 0.25) is 0 Å². The summed E-state index contributed by atoms with van der Waals surface area (Å²) in [7, 11) is 1.64. The minimum atomic E-state index is -1.04. The summed E-state index contributed by atoms with van der Waals surface area (Å²) in [6, 6.07) is 5.50. The van der Waals surface area contributed by atoms with Gasteiger partial charge in [-0.05, 0) is 25.1 Å². The fourth-order valence-electron chi connectivity index (χ4n) is 3.18. The van der Waals surface area contributed by atoms with Gasteiger partial charge in [-0.15, -0.1) is 0 Å². The van der Waals surface area contributed by atoms with Crippen LogP contribution in [0.15, 0.2) is 24.5 Å². The molecule has 0 amide bonds. The van der Waals surface area contributed by atoms with Crippen molar-refractivity contribution in [2.45, 2.75) is 26.0 Å². The van der Waals surface area contributed by atoms with Gasteiger partial charge >= 0.3 is 5.97 Å². The maximum Gasteiger partial charge on any atom is 0.352 e. The minimum Gasteiger partial charge on any atom is -0.496 e. The number of hydrogen-bond donors (Lipinski definition) is 3. The Morgan fingerprint density at radius 3 is 3.04 bits per heavy atom. The Morgan fingerprint density at radius 2 is 2.27 bits per heavy atom. The first-order valence-electron chi connectivity index (χ1n) is 8.22. The summed E-state index contributed by atoms with van der Waals surface area (Å²) >= 11 is 0. The van der Waals surface area contributed by atoms with Gasteiger partial charge in [-0.1, -0.05) is 0 Å². The van der Waals surface area contributed by atoms with Crippen LogP contribution >= 0.6 is 0 Å². The van der Waals surface area contributed by atoms with Crippen molar-refractivity contribution in [3.63, 3.8) is 0 Å². The molecule has 3 N–H and O–H groups in total. The molecular formula is C18H18N4O4. The Labute approximate surface area is 149 Å². The topological polar surface area (TPSA) is 109 Å². The van der Waals surface area contributed by atoms with E-state index in [0.717, 1.165) is 29.0 Å². The highest BCUT2D eigenvalue weighted by molar-refractivity contribution is 5.96. The van der Waals surface area contributed by atoms with Gasteiger partial charge in [-0.3, -0.25) is 0 Å². The standard InChI is InChI=1S/C18H18N4O4/c1-9-3-10-4-14(25-2)11(5-15(10)26-9)7-19-16-12-6-13(18(23)24)22-17(12)21-8-20-16/h4-6,8-9H,3,7H2,1-2H3,(H,23,24)(H2,19,20,21,22). The Bertz CT molecular complexity index is 998. The van der Waals surface area contributed by atoms with Crippen LogP contribution in [0.3, 0.4) is 0 Å². The van der Waals surface area contributed by atoms with Gasteiger partial charge in [0.25, 0.3) is 0 Å². The summed E-state index contributed by atoms with van der Waals surface area (Å²) in [4.78, 5) is 22.2. The SMILES string of the molecule is COc1cc2c(cc1CNc1ncnc3[nH]c(C(=O)O)cc13)OC(C)C2. The number of anilines is 1. The van der Waals surface area contributed by atoms with Crippen molar-refractivity contribution in [1.29, 1.82) is 0 Å². The number of ether oxygens (including phenoxy) is 2. The van der Waals surface area contributed by atoms with E-state index in [1.54, 1.807) is 7.11 Å². The predicted octanol–water partition coefficient (Wildman–Crippen LogP) is 2.60. The summed E-state index contributed by atoms with van der Waals surface area (Å²) in [6.45, 7) is 2.49. The van der Waals surface area contributed by atoms with Crippen LogP contribution in [-0.2, 0) is 13.0 Å². The molecule has 1 aliphatic heterocycles. The molecule has 2 aromatic heterocycles. The van der Waals surface area contributed by atoms with Crippen molar-refractivity contribution >= 4 is 22.8 Å². The van der Waals surface area contributed by atoms with Crippen molar-refractivity contribution in [3.05, 3.63) is 41.3 Å². The third-order valence-corrected chi connectivity index (χ3v) is 4.40. The maximum absolute atomic E-state index is 11.1. The molecule has 4 rings (SSSR count). The number of carboxylic acid groups (broad SMARTS) is 1. The highest BCUT2D eigenvalue weighted by atomic mass is 16.5. The molecule has 3 heterocycles. The van der Waals surface area contributed by atoms with Crippen molar-refractivity contribution in [2.24, 2.45) is 0 Å². The molecule has 1 aliphatic rings. The smallest absolute Gasteiger partial charge is 0.352 e. The molecule has 8 heteroatoms. The quantitative estimate of drug-likeness (QED) is 0.646. The molecule has 0 aliphatic carbocycles. The zero-order chi connectivity index (χ0) is 18.3. The molecule has 0 bridgehead atoms. The molecule has 0 spiro atoms. The number of fused-ring (bicyclic) bond motifs is 2. The second kappa shape index (κ2) is 6.21. The fraction of sp³-hybridized carbons (Fsp3) is 0.278. The number of aromatic carboxylic acids is 1. The molecule has 0 radical (unpaired) electrons. The van der Waals surface area contributed by atoms with Crippen LogP contribution in [0.1, 0.15) is 28.5 Å². The van der Waals surface area contributed by atoms with Crippen LogP contribution in [0.25, 0.3) is 11.0 Å². The molecule has 1 unspecified atom stereocenters. The zero-order valence-corrected chi connectivity index (χ0v) is 14.4. The van der Waals surface area contributed by atoms with Crippen molar-refractivity contribution in [1.82, 2.24) is 15.0 Å². The van der Waals surface area contributed by atoms with Crippen LogP contribution in [0.4, 0.5) is 5.82 Å². The van der Waals surface area contributed by atoms with E-state index in [4.69, 9.17) is 14.6 Å². The number of carboxylic acids is 1. The van der Waals surface area contributed by atoms with E-state index in [2.05, 4.69) is 20.3 Å². The molecule has 1 aromatic carbocycles. The van der Waals surface area contributed by atoms with Crippen LogP contribution in [0.5, 0.6) is 11.5 Å². The largest absolute Gasteiger partial charge is 0.496 e. The van der Waals surface area contributed by atoms with Crippen LogP contribution in [0, 0.1) is 0 Å². The Morgan fingerprint density at radius 1 is 1.42 bits per heavy atom. The predicted molar refractivity (Wildman–Crippen MR) is 95.0 cm³/mol. The van der Waals surface area contributed by atoms with Crippen LogP contribution < -0.4 is 14.8 Å². The fourth-order valence-corrected chi connectivity index (χ4v) is 3.18. The van der Waals surface area contributed by atoms with E-state index in [-0.39, 0.29) is 11.8 Å². The number of methoxy groups -OCH3 is 1. The molecule has 0 fully saturated rings. The molecular weight excluding hydrogens is 336 g/mol. The highest BCUT2D eigenvalue weighted by Gasteiger charge is 2.22. The lowest BCUT2D eigenvalue weighted by molar-refractivity contribution is 0.0691. The second-order valence-electron chi connectivity index (χ2n) is 6.23. The van der Waals surface area contributed by atoms with Gasteiger partial charge in [0.05, 0.1) is 12.5 Å². The lowest BCUT2D eigenvalue weighted by Gasteiger charge is -2.12. The number of aromatic amines is 1. The first-order chi connectivity index (χ1) is 12.5. The molecule has 3 aromatic rings. The number of nitrogens with zero attached hydrogens (tertiary/aromatic N) is 2. The van der Waals surface area contributed by atoms with Gasteiger partial charge in [0, 0.05) is 24.1 Å². The minimum absolute atomic E-state index is 0.0704. The van der Waals surface area contributed by atoms with Crippen molar-refractivity contribution in [2.75, 3.05) is 12.4 Å². The van der Waals surface area contributed by atoms with Gasteiger partial charge < -0.3 is 24.9 Å². The lowest BCUT2D eigenvalue weighted by Crippen LogP contribution is -2.05. The number of rotatable bonds is 5. The summed E-state index contributed by atoms with van der Waals surface area (Å²) in [5.41, 5.74) is 2.61. The molecule has 0 saturated heterocycles. The number of aromatic nitrogens is 3. The van der Waals surface area contributed by atoms with Gasteiger partial charge in [0.15, 0.2) is 0 Å². The molecule has 134 valence electrons. The summed E-state index contributed by atoms with van der Waals surface area (Å²) in [5, 5.41) is 13.0. The molecule has 8 nitrogen and oxygen atoms in total. The molecule has 1 atom stereocenters. The molecule has 0 saturated carbocycles. The average Bonchev–Trinajstić information content (AvgIpc) is 3.21. The van der Waals surface area contributed by atoms with Crippen molar-refractivity contribution in [3.8, 4) is 11.5 Å². The molecule has 26 heavy (non-hydrogen) atoms. The number of nitrogens with one attached hydrogen (secondary N) is 2. The number of H-pyrrole nitrogens is 1. The van der Waals surface area contributed by atoms with E-state index in [9.17, 15) is 4.79 Å². The van der Waals surface area contributed by atoms with Crippen LogP contribution in [-0.4, -0.2) is 39.2 Å². The summed E-state index contributed by atoms with van der Waals surface area (Å²) < 4.78 is 11.3. The first-order valence-corrected chi connectivity index (χ1v) is 8.22. The Hall–Kier alpha value is -3.29. The van der Waals surface area contributed by atoms with E-state index >= 15 is 0 Å². The van der Waals surface area contributed by atoms with Gasteiger partial charge in [-0.25, -0.2) is 14.8 Å². The summed E-state index contributed by atoms with van der Waals surface area (Å²) in [5.74, 6) is 1.16. The van der Waals surface area contributed by atoms with Gasteiger partial charge in [-0.2, -0.15) is 0 Å². The van der Waals surface area contributed by atoms with E-state index in [0.29, 0.717) is 23.4 Å².